The van der Waals surface area contributed by atoms with Gasteiger partial charge in [-0.15, -0.1) is 0 Å². The van der Waals surface area contributed by atoms with Gasteiger partial charge in [0.2, 0.25) is 4.38 Å². The van der Waals surface area contributed by atoms with Crippen LogP contribution in [0.2, 0.25) is 0 Å². The van der Waals surface area contributed by atoms with Gasteiger partial charge < -0.3 is 18.0 Å². The topological polar surface area (TPSA) is 40.2 Å². The van der Waals surface area contributed by atoms with Crippen LogP contribution in [0.1, 0.15) is 6.92 Å². The molecule has 0 atom stereocenters. The second kappa shape index (κ2) is 7.18. The molecule has 8 heteroatoms. The maximum absolute atomic E-state index is 5.89. The molecule has 0 spiro atoms. The van der Waals surface area contributed by atoms with Crippen molar-refractivity contribution >= 4 is 37.2 Å². The first-order valence-corrected chi connectivity index (χ1v) is 9.50. The predicted octanol–water partition coefficient (Wildman–Crippen LogP) is 0.898. The van der Waals surface area contributed by atoms with Crippen molar-refractivity contribution in [3.05, 3.63) is 0 Å². The van der Waals surface area contributed by atoms with E-state index in [1.807, 2.05) is 6.92 Å². The fraction of sp³-hybridized carbons (Fsp3) is 0.900. The number of hydrogen-bond donors (Lipinski definition) is 0. The molecule has 0 radical (unpaired) electrons. The third-order valence-electron chi connectivity index (χ3n) is 2.82. The number of hydrogen-bond acceptors (Lipinski definition) is 7. The molecule has 0 aromatic rings. The zero-order chi connectivity index (χ0) is 12.8. The lowest BCUT2D eigenvalue weighted by Crippen LogP contribution is -2.57. The third kappa shape index (κ3) is 4.15. The number of fused-ring (bicyclic) bond motifs is 6. The summed E-state index contributed by atoms with van der Waals surface area (Å²) in [6.45, 7) is 7.42. The van der Waals surface area contributed by atoms with Crippen LogP contribution < -0.4 is 0 Å². The van der Waals surface area contributed by atoms with Crippen molar-refractivity contribution in [1.82, 2.24) is 4.90 Å². The van der Waals surface area contributed by atoms with Crippen LogP contribution in [0.15, 0.2) is 0 Å². The molecule has 3 heterocycles. The molecule has 0 aromatic carbocycles. The zero-order valence-corrected chi connectivity index (χ0v) is 13.2. The molecule has 0 saturated carbocycles. The Morgan fingerprint density at radius 2 is 1.78 bits per heavy atom. The summed E-state index contributed by atoms with van der Waals surface area (Å²) in [4.78, 5) is 2.30. The number of ether oxygens (including phenoxy) is 1. The second-order valence-electron chi connectivity index (χ2n) is 4.04. The molecule has 3 aliphatic rings. The molecular weight excluding hydrogens is 290 g/mol. The molecule has 5 nitrogen and oxygen atoms in total. The van der Waals surface area contributed by atoms with Crippen LogP contribution in [-0.2, 0) is 18.0 Å². The van der Waals surface area contributed by atoms with Gasteiger partial charge in [0.25, 0.3) is 0 Å². The third-order valence-corrected chi connectivity index (χ3v) is 7.57. The van der Waals surface area contributed by atoms with Crippen LogP contribution in [0.4, 0.5) is 0 Å². The highest BCUT2D eigenvalue weighted by Crippen LogP contribution is 2.21. The average molecular weight is 309 g/mol. The van der Waals surface area contributed by atoms with E-state index in [0.717, 1.165) is 19.6 Å². The molecule has 3 fully saturated rings. The van der Waals surface area contributed by atoms with Gasteiger partial charge in [-0.1, -0.05) is 11.8 Å². The molecule has 3 aliphatic heterocycles. The molecule has 0 amide bonds. The number of nitrogens with zero attached hydrogens (tertiary/aromatic N) is 1. The monoisotopic (exact) mass is 309 g/mol. The van der Waals surface area contributed by atoms with Crippen molar-refractivity contribution in [3.63, 3.8) is 0 Å². The Morgan fingerprint density at radius 3 is 2.28 bits per heavy atom. The fourth-order valence-corrected chi connectivity index (χ4v) is 6.37. The minimum Gasteiger partial charge on any atom is -0.479 e. The molecule has 3 saturated heterocycles. The van der Waals surface area contributed by atoms with Gasteiger partial charge in [0.15, 0.2) is 0 Å². The van der Waals surface area contributed by atoms with Crippen molar-refractivity contribution in [2.75, 3.05) is 51.4 Å². The van der Waals surface area contributed by atoms with E-state index in [9.17, 15) is 0 Å². The lowest BCUT2D eigenvalue weighted by molar-refractivity contribution is -0.00441. The van der Waals surface area contributed by atoms with E-state index in [0.29, 0.717) is 36.2 Å². The normalized spacial score (nSPS) is 32.4. The number of rotatable bonds is 3. The minimum atomic E-state index is -2.55. The van der Waals surface area contributed by atoms with Crippen LogP contribution in [0.3, 0.4) is 0 Å². The van der Waals surface area contributed by atoms with Gasteiger partial charge in [0.1, 0.15) is 0 Å². The van der Waals surface area contributed by atoms with Crippen molar-refractivity contribution in [1.29, 1.82) is 0 Å². The van der Waals surface area contributed by atoms with Gasteiger partial charge in [-0.05, 0) is 19.1 Å². The maximum Gasteiger partial charge on any atom is 0.512 e. The molecule has 3 rings (SSSR count). The molecule has 0 aromatic heterocycles. The quantitative estimate of drug-likeness (QED) is 0.566. The highest BCUT2D eigenvalue weighted by molar-refractivity contribution is 8.23. The van der Waals surface area contributed by atoms with Crippen molar-refractivity contribution in [3.8, 4) is 0 Å². The van der Waals surface area contributed by atoms with Crippen LogP contribution in [0, 0.1) is 0 Å². The minimum absolute atomic E-state index is 0.543. The van der Waals surface area contributed by atoms with Gasteiger partial charge in [-0.25, -0.2) is 0 Å². The van der Waals surface area contributed by atoms with Gasteiger partial charge in [0, 0.05) is 19.6 Å². The van der Waals surface area contributed by atoms with E-state index in [4.69, 9.17) is 30.2 Å². The second-order valence-corrected chi connectivity index (χ2v) is 8.72. The Balaban J connectivity index is 1.91. The molecular formula is C10H19NO4S2Si. The molecule has 0 N–H and O–H groups in total. The van der Waals surface area contributed by atoms with Crippen LogP contribution in [-0.4, -0.2) is 69.5 Å². The Kier molecular flexibility index (Phi) is 5.86. The van der Waals surface area contributed by atoms with E-state index in [1.54, 1.807) is 0 Å². The first-order chi connectivity index (χ1) is 8.74. The summed E-state index contributed by atoms with van der Waals surface area (Å²) in [5.74, 6) is 0. The SMILES string of the molecule is CCOC(=S)SC[Si]12OCCN(CCO1)CCO2. The number of thiocarbonyl (C=S) groups is 1. The van der Waals surface area contributed by atoms with Crippen molar-refractivity contribution in [2.45, 2.75) is 6.92 Å². The highest BCUT2D eigenvalue weighted by Gasteiger charge is 2.44. The van der Waals surface area contributed by atoms with Crippen molar-refractivity contribution in [2.24, 2.45) is 0 Å². The van der Waals surface area contributed by atoms with E-state index >= 15 is 0 Å². The summed E-state index contributed by atoms with van der Waals surface area (Å²) < 4.78 is 23.5. The van der Waals surface area contributed by atoms with Gasteiger partial charge in [-0.3, -0.25) is 4.90 Å². The summed E-state index contributed by atoms with van der Waals surface area (Å²) in [5.41, 5.74) is 0. The molecule has 104 valence electrons. The first kappa shape index (κ1) is 14.7. The van der Waals surface area contributed by atoms with Crippen molar-refractivity contribution < 1.29 is 18.0 Å². The van der Waals surface area contributed by atoms with Gasteiger partial charge in [0.05, 0.1) is 31.8 Å². The summed E-state index contributed by atoms with van der Waals surface area (Å²) in [6, 6.07) is 0. The summed E-state index contributed by atoms with van der Waals surface area (Å²) in [5, 5.41) is 0.645. The first-order valence-electron chi connectivity index (χ1n) is 6.18. The van der Waals surface area contributed by atoms with Gasteiger partial charge >= 0.3 is 8.80 Å². The average Bonchev–Trinajstić information content (AvgIpc) is 2.26. The summed E-state index contributed by atoms with van der Waals surface area (Å²) in [6.07, 6.45) is 0. The highest BCUT2D eigenvalue weighted by atomic mass is 32.2. The van der Waals surface area contributed by atoms with Crippen LogP contribution >= 0.6 is 24.0 Å². The van der Waals surface area contributed by atoms with Crippen LogP contribution in [0.25, 0.3) is 0 Å². The smallest absolute Gasteiger partial charge is 0.479 e. The van der Waals surface area contributed by atoms with E-state index in [-0.39, 0.29) is 0 Å². The standard InChI is InChI=1S/C10H19NO4S2Si/c1-2-12-10(16)17-9-18-13-6-3-11(4-7-14-18)5-8-15-18/h2-9H2,1H3. The molecule has 0 aliphatic carbocycles. The molecule has 18 heavy (non-hydrogen) atoms. The van der Waals surface area contributed by atoms with Gasteiger partial charge in [-0.2, -0.15) is 0 Å². The Morgan fingerprint density at radius 1 is 1.22 bits per heavy atom. The predicted molar refractivity (Wildman–Crippen MR) is 76.7 cm³/mol. The lowest BCUT2D eigenvalue weighted by atomic mass is 10.4. The molecule has 2 bridgehead atoms. The zero-order valence-electron chi connectivity index (χ0n) is 10.6. The van der Waals surface area contributed by atoms with E-state index < -0.39 is 8.80 Å². The van der Waals surface area contributed by atoms with E-state index in [1.165, 1.54) is 11.8 Å². The molecule has 0 unspecified atom stereocenters. The number of thioether (sulfide) groups is 1. The Bertz CT molecular complexity index is 269. The van der Waals surface area contributed by atoms with E-state index in [2.05, 4.69) is 4.90 Å². The summed E-state index contributed by atoms with van der Waals surface area (Å²) in [7, 11) is -2.55. The largest absolute Gasteiger partial charge is 0.512 e. The fourth-order valence-electron chi connectivity index (χ4n) is 1.88. The summed E-state index contributed by atoms with van der Waals surface area (Å²) >= 11 is 6.58. The Hall–Kier alpha value is 0.297. The lowest BCUT2D eigenvalue weighted by Gasteiger charge is -2.37. The maximum atomic E-state index is 5.89. The van der Waals surface area contributed by atoms with Crippen LogP contribution in [0.5, 0.6) is 0 Å². The Labute approximate surface area is 118 Å².